The molecule has 1 atom stereocenters. The second-order valence-electron chi connectivity index (χ2n) is 5.50. The zero-order valence-electron chi connectivity index (χ0n) is 13.0. The van der Waals surface area contributed by atoms with Gasteiger partial charge in [0.25, 0.3) is 0 Å². The highest BCUT2D eigenvalue weighted by molar-refractivity contribution is 5.38. The van der Waals surface area contributed by atoms with Crippen molar-refractivity contribution in [2.45, 2.75) is 32.6 Å². The van der Waals surface area contributed by atoms with Crippen LogP contribution in [0.3, 0.4) is 0 Å². The van der Waals surface area contributed by atoms with E-state index in [0.29, 0.717) is 12.5 Å². The molecule has 1 unspecified atom stereocenters. The second kappa shape index (κ2) is 7.84. The average Bonchev–Trinajstić information content (AvgIpc) is 2.52. The molecule has 0 aliphatic carbocycles. The highest BCUT2D eigenvalue weighted by Crippen LogP contribution is 2.26. The first-order valence-corrected chi connectivity index (χ1v) is 7.72. The Morgan fingerprint density at radius 3 is 2.48 bits per heavy atom. The van der Waals surface area contributed by atoms with Crippen molar-refractivity contribution < 1.29 is 4.74 Å². The molecule has 2 nitrogen and oxygen atoms in total. The number of nitrogens with two attached hydrogens (primary N) is 1. The predicted molar refractivity (Wildman–Crippen MR) is 88.9 cm³/mol. The molecule has 2 N–H and O–H groups in total. The molecule has 0 aliphatic heterocycles. The lowest BCUT2D eigenvalue weighted by Crippen LogP contribution is -2.15. The Kier molecular flexibility index (Phi) is 5.82. The van der Waals surface area contributed by atoms with E-state index in [2.05, 4.69) is 56.3 Å². The molecule has 21 heavy (non-hydrogen) atoms. The summed E-state index contributed by atoms with van der Waals surface area (Å²) in [5.41, 5.74) is 9.80. The van der Waals surface area contributed by atoms with Gasteiger partial charge in [0.15, 0.2) is 0 Å². The van der Waals surface area contributed by atoms with E-state index in [1.807, 2.05) is 6.07 Å². The minimum absolute atomic E-state index is 0.353. The summed E-state index contributed by atoms with van der Waals surface area (Å²) >= 11 is 0. The van der Waals surface area contributed by atoms with Gasteiger partial charge in [-0.2, -0.15) is 0 Å². The van der Waals surface area contributed by atoms with Crippen LogP contribution >= 0.6 is 0 Å². The number of hydrogen-bond acceptors (Lipinski definition) is 2. The molecule has 0 bridgehead atoms. The number of hydrogen-bond donors (Lipinski definition) is 1. The van der Waals surface area contributed by atoms with E-state index in [-0.39, 0.29) is 0 Å². The van der Waals surface area contributed by atoms with E-state index in [9.17, 15) is 0 Å². The highest BCUT2D eigenvalue weighted by Gasteiger charge is 2.12. The van der Waals surface area contributed by atoms with E-state index < -0.39 is 0 Å². The largest absolute Gasteiger partial charge is 0.493 e. The molecule has 0 saturated carbocycles. The fourth-order valence-corrected chi connectivity index (χ4v) is 2.54. The van der Waals surface area contributed by atoms with Crippen LogP contribution < -0.4 is 10.5 Å². The molecule has 0 heterocycles. The third kappa shape index (κ3) is 4.33. The summed E-state index contributed by atoms with van der Waals surface area (Å²) in [5, 5.41) is 0. The van der Waals surface area contributed by atoms with Crippen LogP contribution in [0.25, 0.3) is 0 Å². The first kappa shape index (κ1) is 15.6. The maximum absolute atomic E-state index is 5.99. The summed E-state index contributed by atoms with van der Waals surface area (Å²) in [6, 6.07) is 17.0. The topological polar surface area (TPSA) is 35.2 Å². The molecule has 0 aliphatic rings. The Morgan fingerprint density at radius 2 is 1.86 bits per heavy atom. The molecule has 0 spiro atoms. The summed E-state index contributed by atoms with van der Waals surface area (Å²) < 4.78 is 5.74. The molecule has 0 aromatic heterocycles. The molecule has 0 amide bonds. The van der Waals surface area contributed by atoms with Crippen LogP contribution in [-0.2, 0) is 6.42 Å². The van der Waals surface area contributed by atoms with Crippen molar-refractivity contribution in [2.24, 2.45) is 5.73 Å². The van der Waals surface area contributed by atoms with Crippen LogP contribution in [-0.4, -0.2) is 13.2 Å². The molecule has 2 aromatic rings. The first-order valence-electron chi connectivity index (χ1n) is 7.72. The van der Waals surface area contributed by atoms with Crippen molar-refractivity contribution >= 4 is 0 Å². The number of rotatable bonds is 7. The molecule has 0 fully saturated rings. The molecule has 0 saturated heterocycles. The second-order valence-corrected chi connectivity index (χ2v) is 5.50. The van der Waals surface area contributed by atoms with Gasteiger partial charge in [0.2, 0.25) is 0 Å². The molecular weight excluding hydrogens is 258 g/mol. The van der Waals surface area contributed by atoms with Gasteiger partial charge in [-0.25, -0.2) is 0 Å². The van der Waals surface area contributed by atoms with Gasteiger partial charge in [0.1, 0.15) is 5.75 Å². The number of benzene rings is 2. The Bertz CT molecular complexity index is 551. The quantitative estimate of drug-likeness (QED) is 0.831. The van der Waals surface area contributed by atoms with Gasteiger partial charge < -0.3 is 10.5 Å². The lowest BCUT2D eigenvalue weighted by molar-refractivity contribution is 0.315. The SMILES string of the molecule is CCCOc1ccc(C(CN)Cc2ccccc2)cc1C. The summed E-state index contributed by atoms with van der Waals surface area (Å²) in [6.45, 7) is 5.65. The Balaban J connectivity index is 2.13. The normalized spacial score (nSPS) is 12.1. The molecular formula is C19H25NO. The third-order valence-electron chi connectivity index (χ3n) is 3.74. The van der Waals surface area contributed by atoms with Crippen molar-refractivity contribution in [3.8, 4) is 5.75 Å². The smallest absolute Gasteiger partial charge is 0.122 e. The average molecular weight is 283 g/mol. The third-order valence-corrected chi connectivity index (χ3v) is 3.74. The summed E-state index contributed by atoms with van der Waals surface area (Å²) in [4.78, 5) is 0. The maximum atomic E-state index is 5.99. The Morgan fingerprint density at radius 1 is 1.10 bits per heavy atom. The summed E-state index contributed by atoms with van der Waals surface area (Å²) in [7, 11) is 0. The minimum Gasteiger partial charge on any atom is -0.493 e. The molecule has 2 heteroatoms. The van der Waals surface area contributed by atoms with Gasteiger partial charge in [0.05, 0.1) is 6.61 Å². The van der Waals surface area contributed by atoms with Crippen molar-refractivity contribution in [3.05, 3.63) is 65.2 Å². The van der Waals surface area contributed by atoms with Crippen molar-refractivity contribution in [3.63, 3.8) is 0 Å². The summed E-state index contributed by atoms with van der Waals surface area (Å²) in [5.74, 6) is 1.34. The van der Waals surface area contributed by atoms with Crippen molar-refractivity contribution in [1.82, 2.24) is 0 Å². The van der Waals surface area contributed by atoms with E-state index in [1.165, 1.54) is 16.7 Å². The van der Waals surface area contributed by atoms with Crippen LogP contribution in [0, 0.1) is 6.92 Å². The van der Waals surface area contributed by atoms with Crippen molar-refractivity contribution in [1.29, 1.82) is 0 Å². The van der Waals surface area contributed by atoms with Gasteiger partial charge >= 0.3 is 0 Å². The van der Waals surface area contributed by atoms with Crippen LogP contribution in [0.4, 0.5) is 0 Å². The fourth-order valence-electron chi connectivity index (χ4n) is 2.54. The molecule has 0 radical (unpaired) electrons. The van der Waals surface area contributed by atoms with Crippen LogP contribution in [0.1, 0.15) is 36.0 Å². The van der Waals surface area contributed by atoms with Gasteiger partial charge in [0, 0.05) is 5.92 Å². The molecule has 112 valence electrons. The van der Waals surface area contributed by atoms with Gasteiger partial charge in [-0.3, -0.25) is 0 Å². The van der Waals surface area contributed by atoms with E-state index in [4.69, 9.17) is 10.5 Å². The van der Waals surface area contributed by atoms with Gasteiger partial charge in [-0.05, 0) is 49.1 Å². The molecule has 2 rings (SSSR count). The van der Waals surface area contributed by atoms with Crippen LogP contribution in [0.15, 0.2) is 48.5 Å². The Hall–Kier alpha value is -1.80. The minimum atomic E-state index is 0.353. The van der Waals surface area contributed by atoms with Crippen molar-refractivity contribution in [2.75, 3.05) is 13.2 Å². The maximum Gasteiger partial charge on any atom is 0.122 e. The van der Waals surface area contributed by atoms with Crippen LogP contribution in [0.2, 0.25) is 0 Å². The fraction of sp³-hybridized carbons (Fsp3) is 0.368. The number of ether oxygens (including phenoxy) is 1. The standard InChI is InChI=1S/C19H25NO/c1-3-11-21-19-10-9-17(12-15(19)2)18(14-20)13-16-7-5-4-6-8-16/h4-10,12,18H,3,11,13-14,20H2,1-2H3. The van der Waals surface area contributed by atoms with Crippen LogP contribution in [0.5, 0.6) is 5.75 Å². The summed E-state index contributed by atoms with van der Waals surface area (Å²) in [6.07, 6.45) is 2.01. The van der Waals surface area contributed by atoms with Gasteiger partial charge in [-0.15, -0.1) is 0 Å². The zero-order chi connectivity index (χ0) is 15.1. The van der Waals surface area contributed by atoms with E-state index in [1.54, 1.807) is 0 Å². The zero-order valence-corrected chi connectivity index (χ0v) is 13.0. The van der Waals surface area contributed by atoms with E-state index in [0.717, 1.165) is 25.2 Å². The molecule has 2 aromatic carbocycles. The lowest BCUT2D eigenvalue weighted by Gasteiger charge is -2.17. The van der Waals surface area contributed by atoms with Gasteiger partial charge in [-0.1, -0.05) is 49.4 Å². The van der Waals surface area contributed by atoms with E-state index >= 15 is 0 Å². The number of aryl methyl sites for hydroxylation is 1. The Labute approximate surface area is 127 Å². The first-order chi connectivity index (χ1) is 10.2. The monoisotopic (exact) mass is 283 g/mol. The predicted octanol–water partition coefficient (Wildman–Crippen LogP) is 4.07. The highest BCUT2D eigenvalue weighted by atomic mass is 16.5. The lowest BCUT2D eigenvalue weighted by atomic mass is 9.91.